The van der Waals surface area contributed by atoms with Crippen LogP contribution in [-0.2, 0) is 4.79 Å². The Labute approximate surface area is 224 Å². The first-order chi connectivity index (χ1) is 18.5. The summed E-state index contributed by atoms with van der Waals surface area (Å²) in [4.78, 5) is 28.3. The molecule has 0 fully saturated rings. The van der Waals surface area contributed by atoms with Crippen molar-refractivity contribution in [3.05, 3.63) is 136 Å². The monoisotopic (exact) mass is 533 g/mol. The Bertz CT molecular complexity index is 1570. The van der Waals surface area contributed by atoms with Crippen molar-refractivity contribution in [1.82, 2.24) is 0 Å². The maximum Gasteiger partial charge on any atom is 0.284 e. The van der Waals surface area contributed by atoms with Crippen LogP contribution < -0.4 is 15.9 Å². The van der Waals surface area contributed by atoms with E-state index in [1.165, 1.54) is 12.1 Å². The smallest absolute Gasteiger partial charge is 0.266 e. The number of carbonyl (C=O) groups is 1. The maximum absolute atomic E-state index is 13.0. The first kappa shape index (κ1) is 25.2. The SMILES string of the molecule is N#CC(C1=NC(=O)C(=Cc2ccc([N+](=O)[O-])cc2)S1)=P(c1ccccc1)(c1ccccc1)c1ccccc1. The van der Waals surface area contributed by atoms with Gasteiger partial charge in [0.05, 0.1) is 15.1 Å². The van der Waals surface area contributed by atoms with Crippen LogP contribution in [0.1, 0.15) is 5.56 Å². The number of carbonyl (C=O) groups excluding carboxylic acids is 1. The Morgan fingerprint density at radius 2 is 1.29 bits per heavy atom. The average Bonchev–Trinajstić information content (AvgIpc) is 3.32. The molecule has 1 heterocycles. The van der Waals surface area contributed by atoms with E-state index in [9.17, 15) is 20.2 Å². The predicted molar refractivity (Wildman–Crippen MR) is 157 cm³/mol. The number of amides is 1. The molecule has 4 aromatic rings. The van der Waals surface area contributed by atoms with Crippen molar-refractivity contribution in [3.63, 3.8) is 0 Å². The third-order valence-corrected chi connectivity index (χ3v) is 11.4. The Morgan fingerprint density at radius 1 is 0.816 bits per heavy atom. The lowest BCUT2D eigenvalue weighted by Crippen LogP contribution is -2.32. The summed E-state index contributed by atoms with van der Waals surface area (Å²) < 4.78 is 0. The summed E-state index contributed by atoms with van der Waals surface area (Å²) in [6.07, 6.45) is 1.65. The van der Waals surface area contributed by atoms with Gasteiger partial charge in [0.25, 0.3) is 11.6 Å². The van der Waals surface area contributed by atoms with Gasteiger partial charge < -0.3 is 0 Å². The Balaban J connectivity index is 1.74. The van der Waals surface area contributed by atoms with Crippen LogP contribution in [0.3, 0.4) is 0 Å². The summed E-state index contributed by atoms with van der Waals surface area (Å²) in [5.74, 6) is -0.441. The number of hydrogen-bond acceptors (Lipinski definition) is 5. The number of non-ortho nitro benzene ring substituents is 1. The van der Waals surface area contributed by atoms with E-state index in [-0.39, 0.29) is 5.69 Å². The van der Waals surface area contributed by atoms with Crippen molar-refractivity contribution in [2.24, 2.45) is 4.99 Å². The number of benzene rings is 4. The lowest BCUT2D eigenvalue weighted by Gasteiger charge is -2.30. The van der Waals surface area contributed by atoms with Crippen molar-refractivity contribution >= 4 is 62.6 Å². The predicted octanol–water partition coefficient (Wildman–Crippen LogP) is 5.30. The Kier molecular flexibility index (Phi) is 7.19. The molecule has 0 N–H and O–H groups in total. The second kappa shape index (κ2) is 10.9. The minimum absolute atomic E-state index is 0.0299. The van der Waals surface area contributed by atoms with E-state index in [1.807, 2.05) is 91.0 Å². The summed E-state index contributed by atoms with van der Waals surface area (Å²) in [7, 11) is 0. The highest BCUT2D eigenvalue weighted by Gasteiger charge is 2.35. The van der Waals surface area contributed by atoms with E-state index in [1.54, 1.807) is 18.2 Å². The first-order valence-corrected chi connectivity index (χ1v) is 14.3. The number of rotatable bonds is 6. The molecule has 1 aliphatic rings. The largest absolute Gasteiger partial charge is 0.284 e. The number of nitrogens with zero attached hydrogens (tertiary/aromatic N) is 3. The summed E-state index contributed by atoms with van der Waals surface area (Å²) in [5, 5.41) is 25.5. The minimum Gasteiger partial charge on any atom is -0.266 e. The van der Waals surface area contributed by atoms with Crippen LogP contribution in [0.5, 0.6) is 0 Å². The second-order valence-corrected chi connectivity index (χ2v) is 12.7. The molecule has 184 valence electrons. The zero-order valence-corrected chi connectivity index (χ0v) is 21.7. The fourth-order valence-electron chi connectivity index (χ4n) is 4.41. The molecule has 8 heteroatoms. The standard InChI is InChI=1S/C30H20N3O3PS/c31-21-27(30-32-29(34)28(38-30)20-22-16-18-23(19-17-22)33(35)36)37(24-10-4-1-5-11-24,25-12-6-2-7-13-25)26-14-8-3-9-15-26/h1-20H. The number of hydrogen-bond donors (Lipinski definition) is 0. The van der Waals surface area contributed by atoms with Gasteiger partial charge in [0.2, 0.25) is 0 Å². The molecule has 1 aliphatic heterocycles. The molecule has 4 aromatic carbocycles. The van der Waals surface area contributed by atoms with Crippen molar-refractivity contribution in [1.29, 1.82) is 5.26 Å². The van der Waals surface area contributed by atoms with Gasteiger partial charge in [-0.15, -0.1) is 0 Å². The molecular weight excluding hydrogens is 513 g/mol. The topological polar surface area (TPSA) is 96.4 Å². The van der Waals surface area contributed by atoms with Gasteiger partial charge in [0.1, 0.15) is 11.1 Å². The van der Waals surface area contributed by atoms with E-state index in [0.717, 1.165) is 27.7 Å². The van der Waals surface area contributed by atoms with Crippen LogP contribution in [0.4, 0.5) is 5.69 Å². The molecule has 0 unspecified atom stereocenters. The third-order valence-electron chi connectivity index (χ3n) is 6.10. The lowest BCUT2D eigenvalue weighted by atomic mass is 10.2. The van der Waals surface area contributed by atoms with Gasteiger partial charge in [-0.1, -0.05) is 103 Å². The summed E-state index contributed by atoms with van der Waals surface area (Å²) in [5.41, 5.74) is 0.606. The molecule has 0 radical (unpaired) electrons. The third kappa shape index (κ3) is 4.64. The first-order valence-electron chi connectivity index (χ1n) is 11.6. The number of nitriles is 1. The van der Waals surface area contributed by atoms with Gasteiger partial charge in [0.15, 0.2) is 0 Å². The number of thioether (sulfide) groups is 1. The summed E-state index contributed by atoms with van der Waals surface area (Å²) in [6.45, 7) is -2.72. The van der Waals surface area contributed by atoms with E-state index in [4.69, 9.17) is 0 Å². The molecule has 0 aromatic heterocycles. The average molecular weight is 534 g/mol. The zero-order chi connectivity index (χ0) is 26.5. The molecule has 5 rings (SSSR count). The van der Waals surface area contributed by atoms with Crippen molar-refractivity contribution < 1.29 is 9.72 Å². The van der Waals surface area contributed by atoms with Crippen LogP contribution in [0.25, 0.3) is 6.08 Å². The molecule has 6 nitrogen and oxygen atoms in total. The Hall–Kier alpha value is -4.50. The number of nitro groups is 1. The normalized spacial score (nSPS) is 14.1. The lowest BCUT2D eigenvalue weighted by molar-refractivity contribution is -0.384. The van der Waals surface area contributed by atoms with Gasteiger partial charge in [-0.25, -0.2) is 4.99 Å². The second-order valence-electron chi connectivity index (χ2n) is 8.32. The van der Waals surface area contributed by atoms with Crippen molar-refractivity contribution in [2.75, 3.05) is 0 Å². The van der Waals surface area contributed by atoms with E-state index < -0.39 is 17.7 Å². The highest BCUT2D eigenvalue weighted by Crippen LogP contribution is 2.48. The van der Waals surface area contributed by atoms with Gasteiger partial charge >= 0.3 is 0 Å². The fraction of sp³-hybridized carbons (Fsp3) is 0. The summed E-state index contributed by atoms with van der Waals surface area (Å²) >= 11 is 1.16. The molecule has 0 saturated heterocycles. The Morgan fingerprint density at radius 3 is 1.71 bits per heavy atom. The van der Waals surface area contributed by atoms with Crippen LogP contribution in [0.15, 0.2) is 125 Å². The molecule has 0 spiro atoms. The zero-order valence-electron chi connectivity index (χ0n) is 20.0. The van der Waals surface area contributed by atoms with E-state index >= 15 is 0 Å². The fourth-order valence-corrected chi connectivity index (χ4v) is 9.78. The molecule has 0 atom stereocenters. The van der Waals surface area contributed by atoms with Gasteiger partial charge in [0, 0.05) is 12.1 Å². The van der Waals surface area contributed by atoms with Crippen molar-refractivity contribution in [3.8, 4) is 6.07 Å². The van der Waals surface area contributed by atoms with Crippen LogP contribution >= 0.6 is 18.6 Å². The van der Waals surface area contributed by atoms with Crippen molar-refractivity contribution in [2.45, 2.75) is 0 Å². The quantitative estimate of drug-likeness (QED) is 0.145. The molecule has 1 amide bonds. The molecular formula is C30H20N3O3PS. The molecule has 0 aliphatic carbocycles. The number of aliphatic imine (C=N–C) groups is 1. The highest BCUT2D eigenvalue weighted by atomic mass is 32.2. The van der Waals surface area contributed by atoms with Gasteiger partial charge in [-0.05, 0) is 46.6 Å². The van der Waals surface area contributed by atoms with E-state index in [2.05, 4.69) is 11.1 Å². The van der Waals surface area contributed by atoms with Crippen LogP contribution in [0.2, 0.25) is 0 Å². The maximum atomic E-state index is 13.0. The minimum atomic E-state index is -2.72. The molecule has 0 saturated carbocycles. The van der Waals surface area contributed by atoms with Crippen LogP contribution in [-0.4, -0.2) is 21.2 Å². The van der Waals surface area contributed by atoms with Gasteiger partial charge in [-0.3, -0.25) is 14.9 Å². The molecule has 0 bridgehead atoms. The number of nitro benzene ring substituents is 1. The van der Waals surface area contributed by atoms with Crippen LogP contribution in [0, 0.1) is 21.4 Å². The van der Waals surface area contributed by atoms with Gasteiger partial charge in [-0.2, -0.15) is 5.26 Å². The van der Waals surface area contributed by atoms with E-state index in [0.29, 0.717) is 20.8 Å². The summed E-state index contributed by atoms with van der Waals surface area (Å²) in [6, 6.07) is 38.2. The molecule has 38 heavy (non-hydrogen) atoms. The highest BCUT2D eigenvalue weighted by molar-refractivity contribution is 8.22.